The summed E-state index contributed by atoms with van der Waals surface area (Å²) < 4.78 is 10.9. The first kappa shape index (κ1) is 25.6. The minimum Gasteiger partial charge on any atom is -0.481 e. The average Bonchev–Trinajstić information content (AvgIpc) is 3.37. The number of morpholine rings is 1. The van der Waals surface area contributed by atoms with Crippen LogP contribution in [0.15, 0.2) is 46.0 Å². The number of carbonyl (C=O) groups is 2. The highest BCUT2D eigenvalue weighted by molar-refractivity contribution is 7.11. The van der Waals surface area contributed by atoms with Crippen molar-refractivity contribution in [2.24, 2.45) is 4.99 Å². The normalized spacial score (nSPS) is 20.8. The molecule has 186 valence electrons. The molecule has 2 aliphatic heterocycles. The minimum absolute atomic E-state index is 0.0326. The van der Waals surface area contributed by atoms with E-state index in [0.29, 0.717) is 70.4 Å². The maximum absolute atomic E-state index is 13.0. The molecule has 3 heterocycles. The Morgan fingerprint density at radius 2 is 2.20 bits per heavy atom. The van der Waals surface area contributed by atoms with E-state index in [0.717, 1.165) is 0 Å². The molecule has 0 unspecified atom stereocenters. The Kier molecular flexibility index (Phi) is 8.40. The van der Waals surface area contributed by atoms with Gasteiger partial charge in [-0.25, -0.2) is 9.78 Å². The van der Waals surface area contributed by atoms with Crippen molar-refractivity contribution in [3.8, 4) is 0 Å². The van der Waals surface area contributed by atoms with Gasteiger partial charge in [-0.05, 0) is 18.6 Å². The summed E-state index contributed by atoms with van der Waals surface area (Å²) >= 11 is 14.1. The molecule has 2 aliphatic rings. The van der Waals surface area contributed by atoms with E-state index in [1.165, 1.54) is 18.4 Å². The second-order valence-electron chi connectivity index (χ2n) is 8.05. The number of rotatable bonds is 8. The quantitative estimate of drug-likeness (QED) is 0.490. The Labute approximate surface area is 216 Å². The van der Waals surface area contributed by atoms with E-state index in [1.54, 1.807) is 24.4 Å². The van der Waals surface area contributed by atoms with Crippen molar-refractivity contribution in [3.63, 3.8) is 0 Å². The zero-order chi connectivity index (χ0) is 24.9. The van der Waals surface area contributed by atoms with E-state index in [4.69, 9.17) is 42.8 Å². The number of aromatic nitrogens is 1. The number of carboxylic acid groups (broad SMARTS) is 1. The van der Waals surface area contributed by atoms with Gasteiger partial charge in [-0.1, -0.05) is 29.3 Å². The van der Waals surface area contributed by atoms with Gasteiger partial charge >= 0.3 is 11.9 Å². The second-order valence-corrected chi connectivity index (χ2v) is 9.79. The maximum atomic E-state index is 13.0. The van der Waals surface area contributed by atoms with Crippen molar-refractivity contribution in [1.82, 2.24) is 15.2 Å². The summed E-state index contributed by atoms with van der Waals surface area (Å²) in [6, 6.07) is 4.34. The monoisotopic (exact) mass is 538 g/mol. The summed E-state index contributed by atoms with van der Waals surface area (Å²) in [6.07, 6.45) is 1.92. The lowest BCUT2D eigenvalue weighted by atomic mass is 9.95. The van der Waals surface area contributed by atoms with Crippen LogP contribution < -0.4 is 5.32 Å². The third kappa shape index (κ3) is 6.20. The smallest absolute Gasteiger partial charge is 0.338 e. The summed E-state index contributed by atoms with van der Waals surface area (Å²) in [5.74, 6) is -0.863. The van der Waals surface area contributed by atoms with Crippen LogP contribution in [0.1, 0.15) is 29.5 Å². The van der Waals surface area contributed by atoms with E-state index >= 15 is 0 Å². The summed E-state index contributed by atoms with van der Waals surface area (Å²) in [6.45, 7) is 2.00. The number of nitrogens with zero attached hydrogens (tertiary/aromatic N) is 3. The van der Waals surface area contributed by atoms with Gasteiger partial charge in [0.05, 0.1) is 25.4 Å². The van der Waals surface area contributed by atoms with Crippen LogP contribution in [-0.4, -0.2) is 72.2 Å². The number of carbonyl (C=O) groups excluding carboxylic acids is 1. The van der Waals surface area contributed by atoms with E-state index in [2.05, 4.69) is 15.2 Å². The average molecular weight is 539 g/mol. The lowest BCUT2D eigenvalue weighted by molar-refractivity contribution is -0.138. The number of aliphatic imine (C=N–C) groups is 1. The molecule has 1 aromatic heterocycles. The second kappa shape index (κ2) is 11.5. The number of aliphatic carboxylic acids is 1. The first-order valence-corrected chi connectivity index (χ1v) is 12.6. The Bertz CT molecular complexity index is 1150. The third-order valence-electron chi connectivity index (χ3n) is 5.71. The molecule has 2 atom stereocenters. The number of amidine groups is 1. The molecule has 1 aromatic carbocycles. The van der Waals surface area contributed by atoms with Crippen molar-refractivity contribution in [1.29, 1.82) is 0 Å². The van der Waals surface area contributed by atoms with Gasteiger partial charge in [0, 0.05) is 58.9 Å². The Morgan fingerprint density at radius 1 is 1.37 bits per heavy atom. The molecule has 0 saturated carbocycles. The molecule has 0 spiro atoms. The van der Waals surface area contributed by atoms with Gasteiger partial charge in [0.15, 0.2) is 10.8 Å². The molecule has 0 aliphatic carbocycles. The van der Waals surface area contributed by atoms with E-state index in [-0.39, 0.29) is 12.5 Å². The van der Waals surface area contributed by atoms with Crippen LogP contribution in [0.2, 0.25) is 10.0 Å². The van der Waals surface area contributed by atoms with Crippen LogP contribution in [0.25, 0.3) is 0 Å². The highest BCUT2D eigenvalue weighted by Gasteiger charge is 2.35. The van der Waals surface area contributed by atoms with E-state index in [9.17, 15) is 9.59 Å². The largest absolute Gasteiger partial charge is 0.481 e. The summed E-state index contributed by atoms with van der Waals surface area (Å²) in [4.78, 5) is 35.3. The standard InChI is InChI=1S/C23H24Cl2N4O5S/c1-33-23(32)19-17(12-29-7-8-34-14(11-29)3-5-18(30)31)27-21(22-26-6-9-35-22)28-20(19)15-4-2-13(24)10-16(15)25/h2,4,6,9-10,14,20H,3,5,7-8,11-12H2,1H3,(H,27,28)(H,30,31)/t14-,20+/m1/s1. The van der Waals surface area contributed by atoms with Crippen molar-refractivity contribution >= 4 is 52.3 Å². The van der Waals surface area contributed by atoms with Crippen LogP contribution in [-0.2, 0) is 19.1 Å². The first-order chi connectivity index (χ1) is 16.9. The van der Waals surface area contributed by atoms with Gasteiger partial charge in [0.2, 0.25) is 0 Å². The van der Waals surface area contributed by atoms with Gasteiger partial charge in [-0.3, -0.25) is 14.7 Å². The molecule has 1 saturated heterocycles. The SMILES string of the molecule is COC(=O)C1=C(CN2CCO[C@H](CCC(=O)O)C2)NC(c2nccs2)=N[C@H]1c1ccc(Cl)cc1Cl. The van der Waals surface area contributed by atoms with E-state index < -0.39 is 18.0 Å². The van der Waals surface area contributed by atoms with E-state index in [1.807, 2.05) is 5.38 Å². The number of hydrogen-bond donors (Lipinski definition) is 2. The third-order valence-corrected chi connectivity index (χ3v) is 7.05. The lowest BCUT2D eigenvalue weighted by Gasteiger charge is -2.35. The molecule has 12 heteroatoms. The van der Waals surface area contributed by atoms with Gasteiger partial charge in [-0.2, -0.15) is 0 Å². The van der Waals surface area contributed by atoms with Crippen LogP contribution in [0.4, 0.5) is 0 Å². The van der Waals surface area contributed by atoms with Gasteiger partial charge in [-0.15, -0.1) is 11.3 Å². The molecule has 0 amide bonds. The fourth-order valence-corrected chi connectivity index (χ4v) is 5.17. The van der Waals surface area contributed by atoms with Crippen molar-refractivity contribution in [2.45, 2.75) is 25.0 Å². The predicted octanol–water partition coefficient (Wildman–Crippen LogP) is 3.53. The Hall–Kier alpha value is -2.50. The number of esters is 1. The molecule has 0 radical (unpaired) electrons. The van der Waals surface area contributed by atoms with Crippen molar-refractivity contribution < 1.29 is 24.2 Å². The molecule has 35 heavy (non-hydrogen) atoms. The topological polar surface area (TPSA) is 113 Å². The zero-order valence-corrected chi connectivity index (χ0v) is 21.2. The van der Waals surface area contributed by atoms with Crippen LogP contribution in [0.3, 0.4) is 0 Å². The first-order valence-electron chi connectivity index (χ1n) is 10.9. The maximum Gasteiger partial charge on any atom is 0.338 e. The summed E-state index contributed by atoms with van der Waals surface area (Å²) in [7, 11) is 1.32. The molecule has 0 bridgehead atoms. The van der Waals surface area contributed by atoms with Crippen LogP contribution in [0, 0.1) is 0 Å². The van der Waals surface area contributed by atoms with Crippen molar-refractivity contribution in [3.05, 3.63) is 61.7 Å². The predicted molar refractivity (Wildman–Crippen MR) is 133 cm³/mol. The Morgan fingerprint density at radius 3 is 2.89 bits per heavy atom. The molecule has 2 aromatic rings. The highest BCUT2D eigenvalue weighted by Crippen LogP contribution is 2.37. The molecule has 9 nitrogen and oxygen atoms in total. The van der Waals surface area contributed by atoms with Gasteiger partial charge < -0.3 is 19.9 Å². The lowest BCUT2D eigenvalue weighted by Crippen LogP contribution is -2.46. The van der Waals surface area contributed by atoms with Gasteiger partial charge in [0.1, 0.15) is 6.04 Å². The zero-order valence-electron chi connectivity index (χ0n) is 18.9. The Balaban J connectivity index is 1.70. The fraction of sp³-hybridized carbons (Fsp3) is 0.391. The summed E-state index contributed by atoms with van der Waals surface area (Å²) in [5, 5.41) is 15.7. The number of ether oxygens (including phenoxy) is 2. The van der Waals surface area contributed by atoms with Crippen LogP contribution in [0.5, 0.6) is 0 Å². The summed E-state index contributed by atoms with van der Waals surface area (Å²) in [5.41, 5.74) is 1.57. The number of halogens is 2. The number of carboxylic acids is 1. The molecule has 4 rings (SSSR count). The van der Waals surface area contributed by atoms with Crippen LogP contribution >= 0.6 is 34.5 Å². The number of methoxy groups -OCH3 is 1. The number of benzene rings is 1. The number of thiazole rings is 1. The number of nitrogens with one attached hydrogen (secondary N) is 1. The minimum atomic E-state index is -0.859. The molecular formula is C23H24Cl2N4O5S. The fourth-order valence-electron chi connectivity index (χ4n) is 4.07. The highest BCUT2D eigenvalue weighted by atomic mass is 35.5. The molecular weight excluding hydrogens is 515 g/mol. The molecule has 1 fully saturated rings. The van der Waals surface area contributed by atoms with Gasteiger partial charge in [0.25, 0.3) is 0 Å². The number of hydrogen-bond acceptors (Lipinski definition) is 9. The van der Waals surface area contributed by atoms with Crippen molar-refractivity contribution in [2.75, 3.05) is 33.4 Å². The molecule has 2 N–H and O–H groups in total.